The van der Waals surface area contributed by atoms with Gasteiger partial charge >= 0.3 is 5.97 Å². The van der Waals surface area contributed by atoms with Crippen LogP contribution in [0.4, 0.5) is 0 Å². The van der Waals surface area contributed by atoms with E-state index in [0.29, 0.717) is 18.9 Å². The molecule has 0 aromatic heterocycles. The second-order valence-corrected chi connectivity index (χ2v) is 4.67. The highest BCUT2D eigenvalue weighted by Gasteiger charge is 2.28. The van der Waals surface area contributed by atoms with Gasteiger partial charge in [0.2, 0.25) is 5.91 Å². The third-order valence-corrected chi connectivity index (χ3v) is 3.39. The van der Waals surface area contributed by atoms with Gasteiger partial charge in [-0.1, -0.05) is 19.8 Å². The Hall–Kier alpha value is -1.06. The first-order valence-corrected chi connectivity index (χ1v) is 6.04. The third-order valence-electron chi connectivity index (χ3n) is 3.39. The van der Waals surface area contributed by atoms with Gasteiger partial charge in [-0.05, 0) is 25.2 Å². The lowest BCUT2D eigenvalue weighted by atomic mass is 10.0. The molecular weight excluding hydrogens is 206 g/mol. The molecule has 1 atom stereocenters. The fourth-order valence-electron chi connectivity index (χ4n) is 2.39. The summed E-state index contributed by atoms with van der Waals surface area (Å²) in [6.45, 7) is 2.45. The van der Waals surface area contributed by atoms with Gasteiger partial charge in [-0.15, -0.1) is 0 Å². The van der Waals surface area contributed by atoms with Crippen LogP contribution in [-0.2, 0) is 9.59 Å². The Kier molecular flexibility index (Phi) is 4.77. The number of carboxylic acids is 1. The summed E-state index contributed by atoms with van der Waals surface area (Å²) in [5.41, 5.74) is 0. The van der Waals surface area contributed by atoms with Gasteiger partial charge in [-0.3, -0.25) is 9.59 Å². The topological polar surface area (TPSA) is 57.6 Å². The predicted octanol–water partition coefficient (Wildman–Crippen LogP) is 1.75. The van der Waals surface area contributed by atoms with E-state index >= 15 is 0 Å². The summed E-state index contributed by atoms with van der Waals surface area (Å²) in [5, 5.41) is 8.91. The Bertz CT molecular complexity index is 259. The molecule has 1 aliphatic rings. The van der Waals surface area contributed by atoms with Crippen LogP contribution >= 0.6 is 0 Å². The van der Waals surface area contributed by atoms with E-state index in [9.17, 15) is 9.59 Å². The van der Waals surface area contributed by atoms with Gasteiger partial charge in [0.1, 0.15) is 5.92 Å². The van der Waals surface area contributed by atoms with E-state index in [1.165, 1.54) is 25.7 Å². The highest BCUT2D eigenvalue weighted by molar-refractivity contribution is 5.96. The molecule has 1 N–H and O–H groups in total. The number of hydrogen-bond donors (Lipinski definition) is 1. The van der Waals surface area contributed by atoms with E-state index in [1.807, 2.05) is 0 Å². The molecule has 92 valence electrons. The smallest absolute Gasteiger partial charge is 0.316 e. The van der Waals surface area contributed by atoms with Crippen molar-refractivity contribution >= 4 is 11.9 Å². The van der Waals surface area contributed by atoms with Crippen molar-refractivity contribution in [3.63, 3.8) is 0 Å². The molecule has 4 heteroatoms. The zero-order chi connectivity index (χ0) is 12.1. The molecule has 0 heterocycles. The maximum absolute atomic E-state index is 11.8. The third kappa shape index (κ3) is 3.22. The second kappa shape index (κ2) is 5.87. The molecule has 1 amide bonds. The zero-order valence-electron chi connectivity index (χ0n) is 10.1. The number of nitrogens with zero attached hydrogens (tertiary/aromatic N) is 1. The van der Waals surface area contributed by atoms with Crippen LogP contribution in [0.5, 0.6) is 0 Å². The molecule has 0 radical (unpaired) electrons. The maximum atomic E-state index is 11.8. The van der Waals surface area contributed by atoms with Crippen molar-refractivity contribution < 1.29 is 14.7 Å². The molecule has 0 aromatic rings. The zero-order valence-corrected chi connectivity index (χ0v) is 10.1. The highest BCUT2D eigenvalue weighted by atomic mass is 16.4. The minimum absolute atomic E-state index is 0.248. The first-order chi connectivity index (χ1) is 7.56. The number of rotatable bonds is 5. The van der Waals surface area contributed by atoms with Gasteiger partial charge in [0.15, 0.2) is 0 Å². The van der Waals surface area contributed by atoms with Crippen molar-refractivity contribution in [1.29, 1.82) is 0 Å². The number of carbonyl (C=O) groups excluding carboxylic acids is 1. The Balaban J connectivity index is 2.48. The average molecular weight is 227 g/mol. The van der Waals surface area contributed by atoms with Gasteiger partial charge in [-0.25, -0.2) is 0 Å². The maximum Gasteiger partial charge on any atom is 0.316 e. The van der Waals surface area contributed by atoms with Crippen LogP contribution in [-0.4, -0.2) is 35.5 Å². The number of carboxylic acid groups (broad SMARTS) is 1. The van der Waals surface area contributed by atoms with Crippen LogP contribution in [0, 0.1) is 11.8 Å². The fraction of sp³-hybridized carbons (Fsp3) is 0.833. The summed E-state index contributed by atoms with van der Waals surface area (Å²) in [7, 11) is 1.71. The molecule has 16 heavy (non-hydrogen) atoms. The van der Waals surface area contributed by atoms with Gasteiger partial charge in [0, 0.05) is 13.6 Å². The van der Waals surface area contributed by atoms with E-state index < -0.39 is 11.9 Å². The van der Waals surface area contributed by atoms with Gasteiger partial charge in [0.25, 0.3) is 0 Å². The molecule has 1 rings (SSSR count). The highest BCUT2D eigenvalue weighted by Crippen LogP contribution is 2.25. The van der Waals surface area contributed by atoms with E-state index in [1.54, 1.807) is 18.9 Å². The standard InChI is InChI=1S/C12H21NO3/c1-3-10(12(15)16)11(14)13(2)8-9-6-4-5-7-9/h9-10H,3-8H2,1-2H3,(H,15,16). The van der Waals surface area contributed by atoms with Crippen LogP contribution in [0.25, 0.3) is 0 Å². The van der Waals surface area contributed by atoms with Gasteiger partial charge in [0.05, 0.1) is 0 Å². The number of aliphatic carboxylic acids is 1. The van der Waals surface area contributed by atoms with Crippen molar-refractivity contribution in [2.45, 2.75) is 39.0 Å². The molecule has 1 unspecified atom stereocenters. The summed E-state index contributed by atoms with van der Waals surface area (Å²) < 4.78 is 0. The quantitative estimate of drug-likeness (QED) is 0.728. The van der Waals surface area contributed by atoms with Crippen molar-refractivity contribution in [3.05, 3.63) is 0 Å². The molecule has 4 nitrogen and oxygen atoms in total. The van der Waals surface area contributed by atoms with Crippen LogP contribution < -0.4 is 0 Å². The lowest BCUT2D eigenvalue weighted by molar-refractivity contribution is -0.150. The summed E-state index contributed by atoms with van der Waals surface area (Å²) in [5.74, 6) is -1.56. The molecular formula is C12H21NO3. The van der Waals surface area contributed by atoms with Crippen LogP contribution in [0.1, 0.15) is 39.0 Å². The van der Waals surface area contributed by atoms with Crippen molar-refractivity contribution in [2.75, 3.05) is 13.6 Å². The van der Waals surface area contributed by atoms with E-state index in [4.69, 9.17) is 5.11 Å². The van der Waals surface area contributed by atoms with Crippen molar-refractivity contribution in [1.82, 2.24) is 4.90 Å². The average Bonchev–Trinajstić information content (AvgIpc) is 2.70. The molecule has 0 bridgehead atoms. The minimum atomic E-state index is -1.01. The van der Waals surface area contributed by atoms with Crippen LogP contribution in [0.3, 0.4) is 0 Å². The second-order valence-electron chi connectivity index (χ2n) is 4.67. The fourth-order valence-corrected chi connectivity index (χ4v) is 2.39. The summed E-state index contributed by atoms with van der Waals surface area (Å²) >= 11 is 0. The largest absolute Gasteiger partial charge is 0.481 e. The van der Waals surface area contributed by atoms with Crippen LogP contribution in [0.2, 0.25) is 0 Å². The summed E-state index contributed by atoms with van der Waals surface area (Å²) in [6.07, 6.45) is 5.18. The normalized spacial score (nSPS) is 18.4. The molecule has 0 saturated heterocycles. The molecule has 0 aromatic carbocycles. The van der Waals surface area contributed by atoms with E-state index in [0.717, 1.165) is 0 Å². The van der Waals surface area contributed by atoms with E-state index in [2.05, 4.69) is 0 Å². The SMILES string of the molecule is CCC(C(=O)O)C(=O)N(C)CC1CCCC1. The Labute approximate surface area is 96.6 Å². The van der Waals surface area contributed by atoms with Crippen molar-refractivity contribution in [3.8, 4) is 0 Å². The number of amides is 1. The first-order valence-electron chi connectivity index (χ1n) is 6.04. The van der Waals surface area contributed by atoms with Crippen LogP contribution in [0.15, 0.2) is 0 Å². The minimum Gasteiger partial charge on any atom is -0.481 e. The summed E-state index contributed by atoms with van der Waals surface area (Å²) in [6, 6.07) is 0. The lowest BCUT2D eigenvalue weighted by Gasteiger charge is -2.23. The monoisotopic (exact) mass is 227 g/mol. The molecule has 1 aliphatic carbocycles. The Morgan fingerprint density at radius 3 is 2.38 bits per heavy atom. The van der Waals surface area contributed by atoms with Gasteiger partial charge in [-0.2, -0.15) is 0 Å². The molecule has 0 spiro atoms. The Morgan fingerprint density at radius 2 is 1.94 bits per heavy atom. The lowest BCUT2D eigenvalue weighted by Crippen LogP contribution is -2.38. The van der Waals surface area contributed by atoms with Crippen molar-refractivity contribution in [2.24, 2.45) is 11.8 Å². The molecule has 0 aliphatic heterocycles. The number of carbonyl (C=O) groups is 2. The first kappa shape index (κ1) is 13.0. The Morgan fingerprint density at radius 1 is 1.38 bits per heavy atom. The predicted molar refractivity (Wildman–Crippen MR) is 61.0 cm³/mol. The van der Waals surface area contributed by atoms with Gasteiger partial charge < -0.3 is 10.0 Å². The molecule has 1 fully saturated rings. The number of hydrogen-bond acceptors (Lipinski definition) is 2. The van der Waals surface area contributed by atoms with E-state index in [-0.39, 0.29) is 5.91 Å². The molecule has 1 saturated carbocycles. The summed E-state index contributed by atoms with van der Waals surface area (Å²) in [4.78, 5) is 24.3.